The maximum Gasteiger partial charge on any atom is 0.236 e. The lowest BCUT2D eigenvalue weighted by Gasteiger charge is -2.13. The van der Waals surface area contributed by atoms with Crippen LogP contribution < -0.4 is 5.32 Å². The van der Waals surface area contributed by atoms with Gasteiger partial charge in [0.25, 0.3) is 0 Å². The summed E-state index contributed by atoms with van der Waals surface area (Å²) in [6, 6.07) is 13.9. The molecule has 2 aromatic heterocycles. The maximum absolute atomic E-state index is 13.4. The molecule has 0 radical (unpaired) electrons. The lowest BCUT2D eigenvalue weighted by molar-refractivity contribution is -0.113. The van der Waals surface area contributed by atoms with Crippen molar-refractivity contribution >= 4 is 23.5 Å². The van der Waals surface area contributed by atoms with Gasteiger partial charge in [0.1, 0.15) is 17.7 Å². The zero-order valence-corrected chi connectivity index (χ0v) is 19.9. The highest BCUT2D eigenvalue weighted by molar-refractivity contribution is 7.99. The SMILES string of the molecule is Cc1cccc(-n2nnnc2SCC(=O)Nc2c(C#N)c(C)c(C)n2-c2ccc(F)cc2)c1C. The molecule has 10 heteroatoms. The molecule has 1 N–H and O–H groups in total. The molecule has 4 aromatic rings. The van der Waals surface area contributed by atoms with Crippen molar-refractivity contribution in [2.24, 2.45) is 0 Å². The van der Waals surface area contributed by atoms with Crippen LogP contribution in [0.3, 0.4) is 0 Å². The number of nitriles is 1. The topological polar surface area (TPSA) is 101 Å². The van der Waals surface area contributed by atoms with Crippen LogP contribution in [0.15, 0.2) is 47.6 Å². The predicted octanol–water partition coefficient (Wildman–Crippen LogP) is 4.43. The van der Waals surface area contributed by atoms with Crippen LogP contribution in [-0.4, -0.2) is 36.4 Å². The van der Waals surface area contributed by atoms with Crippen LogP contribution >= 0.6 is 11.8 Å². The van der Waals surface area contributed by atoms with Gasteiger partial charge in [-0.25, -0.2) is 4.39 Å². The van der Waals surface area contributed by atoms with Gasteiger partial charge in [0.2, 0.25) is 11.1 Å². The van der Waals surface area contributed by atoms with E-state index >= 15 is 0 Å². The largest absolute Gasteiger partial charge is 0.310 e. The van der Waals surface area contributed by atoms with Crippen molar-refractivity contribution in [3.05, 3.63) is 76.2 Å². The molecule has 0 bridgehead atoms. The Labute approximate surface area is 200 Å². The van der Waals surface area contributed by atoms with Gasteiger partial charge in [-0.05, 0) is 85.1 Å². The molecule has 0 saturated carbocycles. The van der Waals surface area contributed by atoms with Gasteiger partial charge in [0.15, 0.2) is 0 Å². The van der Waals surface area contributed by atoms with Gasteiger partial charge in [-0.1, -0.05) is 23.9 Å². The Kier molecular flexibility index (Phi) is 6.47. The summed E-state index contributed by atoms with van der Waals surface area (Å²) in [6.45, 7) is 7.67. The second kappa shape index (κ2) is 9.49. The fourth-order valence-corrected chi connectivity index (χ4v) is 4.34. The second-order valence-electron chi connectivity index (χ2n) is 7.79. The van der Waals surface area contributed by atoms with Gasteiger partial charge < -0.3 is 5.32 Å². The maximum atomic E-state index is 13.4. The summed E-state index contributed by atoms with van der Waals surface area (Å²) < 4.78 is 16.8. The first-order chi connectivity index (χ1) is 16.3. The number of carbonyl (C=O) groups is 1. The average Bonchev–Trinajstić information content (AvgIpc) is 3.37. The number of halogens is 1. The summed E-state index contributed by atoms with van der Waals surface area (Å²) in [4.78, 5) is 12.9. The fourth-order valence-electron chi connectivity index (χ4n) is 3.66. The molecule has 34 heavy (non-hydrogen) atoms. The van der Waals surface area contributed by atoms with Crippen LogP contribution in [0, 0.1) is 44.8 Å². The smallest absolute Gasteiger partial charge is 0.236 e. The zero-order valence-electron chi connectivity index (χ0n) is 19.1. The number of carbonyl (C=O) groups excluding carboxylic acids is 1. The number of hydrogen-bond donors (Lipinski definition) is 1. The van der Waals surface area contributed by atoms with Crippen molar-refractivity contribution in [3.63, 3.8) is 0 Å². The first-order valence-electron chi connectivity index (χ1n) is 10.5. The molecule has 172 valence electrons. The van der Waals surface area contributed by atoms with E-state index in [4.69, 9.17) is 0 Å². The molecule has 0 atom stereocenters. The van der Waals surface area contributed by atoms with Crippen molar-refractivity contribution in [3.8, 4) is 17.4 Å². The number of anilines is 1. The van der Waals surface area contributed by atoms with E-state index in [0.29, 0.717) is 22.2 Å². The highest BCUT2D eigenvalue weighted by atomic mass is 32.2. The minimum atomic E-state index is -0.366. The summed E-state index contributed by atoms with van der Waals surface area (Å²) in [5.41, 5.74) is 5.53. The third kappa shape index (κ3) is 4.30. The number of tetrazole rings is 1. The molecule has 2 aromatic carbocycles. The van der Waals surface area contributed by atoms with Gasteiger partial charge in [-0.2, -0.15) is 9.94 Å². The second-order valence-corrected chi connectivity index (χ2v) is 8.73. The molecule has 8 nitrogen and oxygen atoms in total. The molecular formula is C24H22FN7OS. The van der Waals surface area contributed by atoms with E-state index in [-0.39, 0.29) is 17.5 Å². The number of rotatable bonds is 6. The standard InChI is InChI=1S/C24H22FN7OS/c1-14-6-5-7-21(15(14)2)32-24(28-29-30-32)34-13-22(33)27-23-20(12-26)16(3)17(4)31(23)19-10-8-18(25)9-11-19/h5-11H,13H2,1-4H3,(H,27,33). The predicted molar refractivity (Wildman–Crippen MR) is 128 cm³/mol. The van der Waals surface area contributed by atoms with Gasteiger partial charge in [-0.3, -0.25) is 9.36 Å². The van der Waals surface area contributed by atoms with Crippen molar-refractivity contribution < 1.29 is 9.18 Å². The number of nitrogens with zero attached hydrogens (tertiary/aromatic N) is 6. The van der Waals surface area contributed by atoms with Crippen molar-refractivity contribution in [1.82, 2.24) is 24.8 Å². The van der Waals surface area contributed by atoms with E-state index < -0.39 is 0 Å². The van der Waals surface area contributed by atoms with E-state index in [1.54, 1.807) is 21.4 Å². The molecule has 0 spiro atoms. The molecule has 2 heterocycles. The number of benzene rings is 2. The van der Waals surface area contributed by atoms with Crippen molar-refractivity contribution in [2.45, 2.75) is 32.9 Å². The number of amides is 1. The van der Waals surface area contributed by atoms with E-state index in [9.17, 15) is 14.4 Å². The third-order valence-electron chi connectivity index (χ3n) is 5.75. The molecule has 0 aliphatic rings. The highest BCUT2D eigenvalue weighted by Gasteiger charge is 2.21. The first-order valence-corrected chi connectivity index (χ1v) is 11.5. The molecule has 0 aliphatic heterocycles. The van der Waals surface area contributed by atoms with Crippen molar-refractivity contribution in [2.75, 3.05) is 11.1 Å². The Morgan fingerprint density at radius 3 is 2.56 bits per heavy atom. The lowest BCUT2D eigenvalue weighted by atomic mass is 10.1. The van der Waals surface area contributed by atoms with Crippen LogP contribution in [0.4, 0.5) is 10.2 Å². The Hall–Kier alpha value is -3.97. The van der Waals surface area contributed by atoms with Crippen LogP contribution in [0.2, 0.25) is 0 Å². The molecule has 0 fully saturated rings. The Balaban J connectivity index is 1.58. The van der Waals surface area contributed by atoms with E-state index in [1.165, 1.54) is 23.9 Å². The number of aryl methyl sites for hydroxylation is 1. The van der Waals surface area contributed by atoms with Gasteiger partial charge >= 0.3 is 0 Å². The molecule has 0 unspecified atom stereocenters. The molecule has 0 saturated heterocycles. The number of aromatic nitrogens is 5. The molecule has 1 amide bonds. The Morgan fingerprint density at radius 1 is 1.12 bits per heavy atom. The quantitative estimate of drug-likeness (QED) is 0.414. The number of nitrogens with one attached hydrogen (secondary N) is 1. The van der Waals surface area contributed by atoms with Gasteiger partial charge in [-0.15, -0.1) is 5.10 Å². The average molecular weight is 476 g/mol. The summed E-state index contributed by atoms with van der Waals surface area (Å²) in [5, 5.41) is 25.0. The number of thioether (sulfide) groups is 1. The van der Waals surface area contributed by atoms with E-state index in [0.717, 1.165) is 28.1 Å². The minimum absolute atomic E-state index is 0.0306. The molecule has 4 rings (SSSR count). The third-order valence-corrected chi connectivity index (χ3v) is 6.66. The summed E-state index contributed by atoms with van der Waals surface area (Å²) in [5.74, 6) is -0.306. The summed E-state index contributed by atoms with van der Waals surface area (Å²) in [6.07, 6.45) is 0. The normalized spacial score (nSPS) is 10.8. The Morgan fingerprint density at radius 2 is 1.85 bits per heavy atom. The van der Waals surface area contributed by atoms with Crippen molar-refractivity contribution in [1.29, 1.82) is 5.26 Å². The van der Waals surface area contributed by atoms with E-state index in [2.05, 4.69) is 26.9 Å². The first kappa shape index (κ1) is 23.2. The molecule has 0 aliphatic carbocycles. The monoisotopic (exact) mass is 475 g/mol. The van der Waals surface area contributed by atoms with Gasteiger partial charge in [0.05, 0.1) is 17.0 Å². The lowest BCUT2D eigenvalue weighted by Crippen LogP contribution is -2.18. The van der Waals surface area contributed by atoms with Crippen LogP contribution in [0.5, 0.6) is 0 Å². The van der Waals surface area contributed by atoms with E-state index in [1.807, 2.05) is 45.9 Å². The molecular weight excluding hydrogens is 453 g/mol. The fraction of sp³-hybridized carbons (Fsp3) is 0.208. The summed E-state index contributed by atoms with van der Waals surface area (Å²) in [7, 11) is 0. The number of hydrogen-bond acceptors (Lipinski definition) is 6. The zero-order chi connectivity index (χ0) is 24.4. The van der Waals surface area contributed by atoms with Crippen LogP contribution in [-0.2, 0) is 4.79 Å². The summed E-state index contributed by atoms with van der Waals surface area (Å²) >= 11 is 1.19. The highest BCUT2D eigenvalue weighted by Crippen LogP contribution is 2.30. The Bertz CT molecular complexity index is 1420. The van der Waals surface area contributed by atoms with Crippen LogP contribution in [0.1, 0.15) is 27.9 Å². The minimum Gasteiger partial charge on any atom is -0.310 e. The van der Waals surface area contributed by atoms with Crippen LogP contribution in [0.25, 0.3) is 11.4 Å². The van der Waals surface area contributed by atoms with Gasteiger partial charge in [0, 0.05) is 11.4 Å².